The van der Waals surface area contributed by atoms with Crippen LogP contribution in [-0.2, 0) is 0 Å². The lowest BCUT2D eigenvalue weighted by molar-refractivity contribution is -0.00175. The molecule has 0 bridgehead atoms. The normalized spacial score (nSPS) is 24.3. The fourth-order valence-corrected chi connectivity index (χ4v) is 4.29. The van der Waals surface area contributed by atoms with E-state index in [1.54, 1.807) is 4.90 Å². The van der Waals surface area contributed by atoms with Gasteiger partial charge < -0.3 is 15.0 Å². The highest BCUT2D eigenvalue weighted by molar-refractivity contribution is 5.97. The molecule has 2 N–H and O–H groups in total. The molecular weight excluding hydrogens is 349 g/mol. The van der Waals surface area contributed by atoms with Crippen molar-refractivity contribution in [3.63, 3.8) is 0 Å². The molecule has 1 saturated heterocycles. The summed E-state index contributed by atoms with van der Waals surface area (Å²) in [7, 11) is 0. The first kappa shape index (κ1) is 18.1. The SMILES string of the molecule is O=C(c1c[nH]c2ccc(F)cc2c1=O)N1CCN([C@H]2CCCC[C@@H]2O)CC1. The molecule has 2 atom stereocenters. The number of halogens is 1. The van der Waals surface area contributed by atoms with Gasteiger partial charge in [-0.15, -0.1) is 0 Å². The Hall–Kier alpha value is -2.25. The Kier molecular flexibility index (Phi) is 4.97. The maximum Gasteiger partial charge on any atom is 0.259 e. The highest BCUT2D eigenvalue weighted by Gasteiger charge is 2.32. The number of aliphatic hydroxyl groups excluding tert-OH is 1. The Bertz CT molecular complexity index is 905. The number of benzene rings is 1. The van der Waals surface area contributed by atoms with E-state index in [-0.39, 0.29) is 29.0 Å². The second-order valence-electron chi connectivity index (χ2n) is 7.47. The third-order valence-electron chi connectivity index (χ3n) is 5.84. The molecule has 1 aliphatic heterocycles. The van der Waals surface area contributed by atoms with Gasteiger partial charge in [-0.25, -0.2) is 4.39 Å². The average Bonchev–Trinajstić information content (AvgIpc) is 2.69. The number of nitrogens with zero attached hydrogens (tertiary/aromatic N) is 2. The molecule has 4 rings (SSSR count). The van der Waals surface area contributed by atoms with Crippen LogP contribution < -0.4 is 5.43 Å². The summed E-state index contributed by atoms with van der Waals surface area (Å²) < 4.78 is 13.5. The fourth-order valence-electron chi connectivity index (χ4n) is 4.29. The lowest BCUT2D eigenvalue weighted by Crippen LogP contribution is -2.55. The molecule has 2 aliphatic rings. The molecule has 1 aromatic heterocycles. The zero-order valence-corrected chi connectivity index (χ0v) is 15.2. The maximum absolute atomic E-state index is 13.5. The maximum atomic E-state index is 13.5. The molecule has 1 aliphatic carbocycles. The summed E-state index contributed by atoms with van der Waals surface area (Å²) in [5, 5.41) is 10.4. The predicted octanol–water partition coefficient (Wildman–Crippen LogP) is 1.73. The van der Waals surface area contributed by atoms with Gasteiger partial charge in [0.1, 0.15) is 11.4 Å². The van der Waals surface area contributed by atoms with Gasteiger partial charge in [0.05, 0.1) is 6.10 Å². The van der Waals surface area contributed by atoms with Gasteiger partial charge >= 0.3 is 0 Å². The standard InChI is InChI=1S/C20H24FN3O3/c21-13-5-6-16-14(11-13)19(26)15(12-22-16)20(27)24-9-7-23(8-10-24)17-3-1-2-4-18(17)25/h5-6,11-12,17-18,25H,1-4,7-10H2,(H,22,26)/t17-,18-/m0/s1. The predicted molar refractivity (Wildman–Crippen MR) is 100 cm³/mol. The first-order valence-electron chi connectivity index (χ1n) is 9.57. The number of rotatable bonds is 2. The van der Waals surface area contributed by atoms with Crippen molar-refractivity contribution < 1.29 is 14.3 Å². The van der Waals surface area contributed by atoms with Gasteiger partial charge in [0, 0.05) is 49.3 Å². The van der Waals surface area contributed by atoms with E-state index in [4.69, 9.17) is 0 Å². The molecule has 2 aromatic rings. The molecule has 7 heteroatoms. The van der Waals surface area contributed by atoms with E-state index >= 15 is 0 Å². The van der Waals surface area contributed by atoms with Crippen molar-refractivity contribution in [2.24, 2.45) is 0 Å². The summed E-state index contributed by atoms with van der Waals surface area (Å²) in [5.41, 5.74) is 0.103. The molecule has 2 heterocycles. The molecular formula is C20H24FN3O3. The minimum Gasteiger partial charge on any atom is -0.391 e. The fraction of sp³-hybridized carbons (Fsp3) is 0.500. The lowest BCUT2D eigenvalue weighted by atomic mass is 9.91. The minimum absolute atomic E-state index is 0.0410. The van der Waals surface area contributed by atoms with E-state index < -0.39 is 11.2 Å². The lowest BCUT2D eigenvalue weighted by Gasteiger charge is -2.42. The molecule has 27 heavy (non-hydrogen) atoms. The van der Waals surface area contributed by atoms with Crippen LogP contribution in [0.2, 0.25) is 0 Å². The van der Waals surface area contributed by atoms with Gasteiger partial charge in [0.25, 0.3) is 5.91 Å². The van der Waals surface area contributed by atoms with Crippen LogP contribution in [0.1, 0.15) is 36.0 Å². The van der Waals surface area contributed by atoms with Crippen LogP contribution in [0.4, 0.5) is 4.39 Å². The third kappa shape index (κ3) is 3.49. The Morgan fingerprint density at radius 3 is 2.63 bits per heavy atom. The second-order valence-corrected chi connectivity index (χ2v) is 7.47. The van der Waals surface area contributed by atoms with E-state index in [0.29, 0.717) is 31.7 Å². The van der Waals surface area contributed by atoms with Gasteiger partial charge in [-0.2, -0.15) is 0 Å². The Morgan fingerprint density at radius 1 is 1.15 bits per heavy atom. The molecule has 1 saturated carbocycles. The third-order valence-corrected chi connectivity index (χ3v) is 5.84. The van der Waals surface area contributed by atoms with Gasteiger partial charge in [-0.3, -0.25) is 14.5 Å². The van der Waals surface area contributed by atoms with Crippen molar-refractivity contribution in [3.8, 4) is 0 Å². The van der Waals surface area contributed by atoms with E-state index in [2.05, 4.69) is 9.88 Å². The number of fused-ring (bicyclic) bond motifs is 1. The summed E-state index contributed by atoms with van der Waals surface area (Å²) in [6, 6.07) is 4.10. The number of amides is 1. The number of hydrogen-bond donors (Lipinski definition) is 2. The summed E-state index contributed by atoms with van der Waals surface area (Å²) in [6.07, 6.45) is 5.16. The van der Waals surface area contributed by atoms with Crippen LogP contribution in [0.5, 0.6) is 0 Å². The van der Waals surface area contributed by atoms with Crippen molar-refractivity contribution in [1.82, 2.24) is 14.8 Å². The summed E-state index contributed by atoms with van der Waals surface area (Å²) in [5.74, 6) is -0.830. The van der Waals surface area contributed by atoms with E-state index in [0.717, 1.165) is 31.7 Å². The van der Waals surface area contributed by atoms with Crippen LogP contribution in [-0.4, -0.2) is 64.1 Å². The van der Waals surface area contributed by atoms with Crippen molar-refractivity contribution >= 4 is 16.8 Å². The van der Waals surface area contributed by atoms with Gasteiger partial charge in [-0.1, -0.05) is 12.8 Å². The highest BCUT2D eigenvalue weighted by Crippen LogP contribution is 2.24. The number of carbonyl (C=O) groups excluding carboxylic acids is 1. The molecule has 6 nitrogen and oxygen atoms in total. The quantitative estimate of drug-likeness (QED) is 0.841. The van der Waals surface area contributed by atoms with Crippen LogP contribution in [0.3, 0.4) is 0 Å². The number of piperazine rings is 1. The number of pyridine rings is 1. The Labute approximate surface area is 156 Å². The number of H-pyrrole nitrogens is 1. The molecule has 144 valence electrons. The number of nitrogens with one attached hydrogen (secondary N) is 1. The number of hydrogen-bond acceptors (Lipinski definition) is 4. The highest BCUT2D eigenvalue weighted by atomic mass is 19.1. The van der Waals surface area contributed by atoms with E-state index in [1.165, 1.54) is 18.3 Å². The second kappa shape index (κ2) is 7.40. The molecule has 0 radical (unpaired) electrons. The van der Waals surface area contributed by atoms with Crippen LogP contribution in [0.15, 0.2) is 29.2 Å². The molecule has 1 amide bonds. The topological polar surface area (TPSA) is 76.6 Å². The van der Waals surface area contributed by atoms with Gasteiger partial charge in [0.2, 0.25) is 5.43 Å². The molecule has 1 aromatic carbocycles. The summed E-state index contributed by atoms with van der Waals surface area (Å²) in [6.45, 7) is 2.41. The number of aromatic nitrogens is 1. The molecule has 0 unspecified atom stereocenters. The number of aliphatic hydroxyl groups is 1. The zero-order chi connectivity index (χ0) is 19.0. The van der Waals surface area contributed by atoms with Gasteiger partial charge in [-0.05, 0) is 31.0 Å². The van der Waals surface area contributed by atoms with Crippen molar-refractivity contribution in [3.05, 3.63) is 46.0 Å². The molecule has 2 fully saturated rings. The first-order chi connectivity index (χ1) is 13.0. The monoisotopic (exact) mass is 373 g/mol. The van der Waals surface area contributed by atoms with Crippen molar-refractivity contribution in [1.29, 1.82) is 0 Å². The smallest absolute Gasteiger partial charge is 0.259 e. The Balaban J connectivity index is 1.49. The van der Waals surface area contributed by atoms with E-state index in [1.807, 2.05) is 0 Å². The van der Waals surface area contributed by atoms with Crippen LogP contribution >= 0.6 is 0 Å². The average molecular weight is 373 g/mol. The van der Waals surface area contributed by atoms with Crippen LogP contribution in [0.25, 0.3) is 10.9 Å². The Morgan fingerprint density at radius 2 is 1.89 bits per heavy atom. The summed E-state index contributed by atoms with van der Waals surface area (Å²) in [4.78, 5) is 32.3. The molecule has 0 spiro atoms. The van der Waals surface area contributed by atoms with Gasteiger partial charge in [0.15, 0.2) is 0 Å². The minimum atomic E-state index is -0.503. The largest absolute Gasteiger partial charge is 0.391 e. The number of aromatic amines is 1. The van der Waals surface area contributed by atoms with E-state index in [9.17, 15) is 19.1 Å². The van der Waals surface area contributed by atoms with Crippen molar-refractivity contribution in [2.45, 2.75) is 37.8 Å². The van der Waals surface area contributed by atoms with Crippen molar-refractivity contribution in [2.75, 3.05) is 26.2 Å². The van der Waals surface area contributed by atoms with Crippen LogP contribution in [0, 0.1) is 5.82 Å². The number of carbonyl (C=O) groups is 1. The zero-order valence-electron chi connectivity index (χ0n) is 15.2. The summed E-state index contributed by atoms with van der Waals surface area (Å²) >= 11 is 0. The first-order valence-corrected chi connectivity index (χ1v) is 9.57.